The van der Waals surface area contributed by atoms with E-state index in [4.69, 9.17) is 0 Å². The number of phenolic OH excluding ortho intramolecular Hbond substituents is 2. The third kappa shape index (κ3) is 4.71. The molecule has 0 saturated carbocycles. The van der Waals surface area contributed by atoms with E-state index < -0.39 is 0 Å². The maximum absolute atomic E-state index is 9.73. The average molecular weight is 285 g/mol. The van der Waals surface area contributed by atoms with Crippen molar-refractivity contribution in [2.45, 2.75) is 39.2 Å². The summed E-state index contributed by atoms with van der Waals surface area (Å²) in [6.45, 7) is 2.74. The van der Waals surface area contributed by atoms with Gasteiger partial charge in [0.25, 0.3) is 0 Å². The lowest BCUT2D eigenvalue weighted by atomic mass is 10.1. The van der Waals surface area contributed by atoms with Crippen LogP contribution in [-0.2, 0) is 13.0 Å². The quantitative estimate of drug-likeness (QED) is 0.659. The molecule has 0 aromatic heterocycles. The first-order valence-electron chi connectivity index (χ1n) is 7.52. The molecule has 0 aliphatic rings. The van der Waals surface area contributed by atoms with E-state index in [1.54, 1.807) is 12.1 Å². The summed E-state index contributed by atoms with van der Waals surface area (Å²) < 4.78 is 0. The van der Waals surface area contributed by atoms with Crippen molar-refractivity contribution in [3.05, 3.63) is 53.6 Å². The van der Waals surface area contributed by atoms with Crippen molar-refractivity contribution < 1.29 is 10.2 Å². The van der Waals surface area contributed by atoms with Gasteiger partial charge >= 0.3 is 0 Å². The van der Waals surface area contributed by atoms with E-state index in [0.29, 0.717) is 6.54 Å². The van der Waals surface area contributed by atoms with Crippen molar-refractivity contribution in [2.24, 2.45) is 0 Å². The maximum atomic E-state index is 9.73. The van der Waals surface area contributed by atoms with Crippen LogP contribution in [-0.4, -0.2) is 10.2 Å². The van der Waals surface area contributed by atoms with Crippen LogP contribution >= 0.6 is 0 Å². The molecule has 2 aromatic carbocycles. The minimum atomic E-state index is 0.0766. The Hall–Kier alpha value is -2.16. The molecule has 0 aliphatic heterocycles. The van der Waals surface area contributed by atoms with Gasteiger partial charge in [-0.1, -0.05) is 31.9 Å². The number of anilines is 1. The van der Waals surface area contributed by atoms with Crippen molar-refractivity contribution in [1.82, 2.24) is 0 Å². The zero-order valence-corrected chi connectivity index (χ0v) is 12.5. The maximum Gasteiger partial charge on any atom is 0.124 e. The van der Waals surface area contributed by atoms with Crippen molar-refractivity contribution in [2.75, 3.05) is 5.32 Å². The molecule has 3 nitrogen and oxygen atoms in total. The third-order valence-electron chi connectivity index (χ3n) is 3.57. The summed E-state index contributed by atoms with van der Waals surface area (Å²) in [7, 11) is 0. The Kier molecular flexibility index (Phi) is 5.50. The minimum absolute atomic E-state index is 0.0766. The van der Waals surface area contributed by atoms with E-state index in [-0.39, 0.29) is 11.5 Å². The van der Waals surface area contributed by atoms with E-state index >= 15 is 0 Å². The van der Waals surface area contributed by atoms with E-state index in [2.05, 4.69) is 36.5 Å². The van der Waals surface area contributed by atoms with Crippen molar-refractivity contribution >= 4 is 5.69 Å². The van der Waals surface area contributed by atoms with Crippen LogP contribution in [0.2, 0.25) is 0 Å². The van der Waals surface area contributed by atoms with Crippen LogP contribution in [0.1, 0.15) is 37.3 Å². The lowest BCUT2D eigenvalue weighted by Gasteiger charge is -2.09. The van der Waals surface area contributed by atoms with Crippen LogP contribution in [0.5, 0.6) is 11.5 Å². The first kappa shape index (κ1) is 15.2. The van der Waals surface area contributed by atoms with Gasteiger partial charge in [0, 0.05) is 23.9 Å². The monoisotopic (exact) mass is 285 g/mol. The van der Waals surface area contributed by atoms with Gasteiger partial charge in [-0.05, 0) is 42.7 Å². The highest BCUT2D eigenvalue weighted by Crippen LogP contribution is 2.23. The Balaban J connectivity index is 1.88. The summed E-state index contributed by atoms with van der Waals surface area (Å²) >= 11 is 0. The van der Waals surface area contributed by atoms with E-state index in [9.17, 15) is 10.2 Å². The van der Waals surface area contributed by atoms with E-state index in [1.807, 2.05) is 0 Å². The van der Waals surface area contributed by atoms with Gasteiger partial charge in [0.05, 0.1) is 0 Å². The van der Waals surface area contributed by atoms with Crippen LogP contribution in [0.4, 0.5) is 5.69 Å². The number of aryl methyl sites for hydroxylation is 1. The standard InChI is InChI=1S/C18H23NO2/c1-2-3-4-5-14-6-9-16(10-7-14)19-13-15-8-11-17(20)12-18(15)21/h6-12,19-21H,2-5,13H2,1H3. The van der Waals surface area contributed by atoms with Gasteiger partial charge in [-0.3, -0.25) is 0 Å². The predicted molar refractivity (Wildman–Crippen MR) is 86.8 cm³/mol. The van der Waals surface area contributed by atoms with E-state index in [1.165, 1.54) is 30.9 Å². The average Bonchev–Trinajstić information content (AvgIpc) is 2.48. The summed E-state index contributed by atoms with van der Waals surface area (Å²) in [4.78, 5) is 0. The molecular formula is C18H23NO2. The molecule has 112 valence electrons. The number of phenols is 2. The van der Waals surface area contributed by atoms with Gasteiger partial charge in [-0.2, -0.15) is 0 Å². The topological polar surface area (TPSA) is 52.5 Å². The molecule has 0 unspecified atom stereocenters. The molecule has 0 atom stereocenters. The molecule has 3 heteroatoms. The number of hydrogen-bond acceptors (Lipinski definition) is 3. The molecule has 0 radical (unpaired) electrons. The lowest BCUT2D eigenvalue weighted by molar-refractivity contribution is 0.446. The molecule has 0 saturated heterocycles. The molecule has 3 N–H and O–H groups in total. The van der Waals surface area contributed by atoms with Crippen LogP contribution in [0, 0.1) is 0 Å². The molecule has 0 fully saturated rings. The molecule has 21 heavy (non-hydrogen) atoms. The fraction of sp³-hybridized carbons (Fsp3) is 0.333. The Bertz CT molecular complexity index is 564. The van der Waals surface area contributed by atoms with Crippen molar-refractivity contribution in [3.63, 3.8) is 0 Å². The summed E-state index contributed by atoms with van der Waals surface area (Å²) in [5.41, 5.74) is 3.16. The second-order valence-electron chi connectivity index (χ2n) is 5.32. The predicted octanol–water partition coefficient (Wildman–Crippen LogP) is 4.44. The van der Waals surface area contributed by atoms with E-state index in [0.717, 1.165) is 17.7 Å². The Morgan fingerprint density at radius 3 is 2.38 bits per heavy atom. The normalized spacial score (nSPS) is 10.5. The van der Waals surface area contributed by atoms with Gasteiger partial charge in [0.2, 0.25) is 0 Å². The molecule has 0 spiro atoms. The first-order valence-corrected chi connectivity index (χ1v) is 7.52. The number of hydrogen-bond donors (Lipinski definition) is 3. The molecule has 2 rings (SSSR count). The lowest BCUT2D eigenvalue weighted by Crippen LogP contribution is -1.99. The van der Waals surface area contributed by atoms with Crippen LogP contribution in [0.3, 0.4) is 0 Å². The first-order chi connectivity index (χ1) is 10.2. The Labute approximate surface area is 126 Å². The Morgan fingerprint density at radius 1 is 0.952 bits per heavy atom. The largest absolute Gasteiger partial charge is 0.508 e. The molecular weight excluding hydrogens is 262 g/mol. The van der Waals surface area contributed by atoms with Crippen molar-refractivity contribution in [1.29, 1.82) is 0 Å². The van der Waals surface area contributed by atoms with Crippen molar-refractivity contribution in [3.8, 4) is 11.5 Å². The fourth-order valence-corrected chi connectivity index (χ4v) is 2.27. The summed E-state index contributed by atoms with van der Waals surface area (Å²) in [6.07, 6.45) is 4.90. The highest BCUT2D eigenvalue weighted by Gasteiger charge is 2.02. The molecule has 0 amide bonds. The molecule has 0 bridgehead atoms. The second kappa shape index (κ2) is 7.58. The molecule has 0 aliphatic carbocycles. The van der Waals surface area contributed by atoms with Crippen LogP contribution in [0.25, 0.3) is 0 Å². The smallest absolute Gasteiger partial charge is 0.124 e. The zero-order chi connectivity index (χ0) is 15.1. The van der Waals surface area contributed by atoms with Gasteiger partial charge < -0.3 is 15.5 Å². The summed E-state index contributed by atoms with van der Waals surface area (Å²) in [5.74, 6) is 0.186. The SMILES string of the molecule is CCCCCc1ccc(NCc2ccc(O)cc2O)cc1. The van der Waals surface area contributed by atoms with Crippen LogP contribution < -0.4 is 5.32 Å². The van der Waals surface area contributed by atoms with Gasteiger partial charge in [0.1, 0.15) is 11.5 Å². The van der Waals surface area contributed by atoms with Gasteiger partial charge in [0.15, 0.2) is 0 Å². The summed E-state index contributed by atoms with van der Waals surface area (Å²) in [5, 5.41) is 22.3. The highest BCUT2D eigenvalue weighted by molar-refractivity contribution is 5.47. The number of unbranched alkanes of at least 4 members (excludes halogenated alkanes) is 2. The number of rotatable bonds is 7. The Morgan fingerprint density at radius 2 is 1.71 bits per heavy atom. The zero-order valence-electron chi connectivity index (χ0n) is 12.5. The third-order valence-corrected chi connectivity index (χ3v) is 3.57. The second-order valence-corrected chi connectivity index (χ2v) is 5.32. The number of benzene rings is 2. The van der Waals surface area contributed by atoms with Gasteiger partial charge in [-0.25, -0.2) is 0 Å². The molecule has 2 aromatic rings. The number of nitrogens with one attached hydrogen (secondary N) is 1. The summed E-state index contributed by atoms with van der Waals surface area (Å²) in [6, 6.07) is 13.1. The molecule has 0 heterocycles. The minimum Gasteiger partial charge on any atom is -0.508 e. The van der Waals surface area contributed by atoms with Gasteiger partial charge in [-0.15, -0.1) is 0 Å². The fourth-order valence-electron chi connectivity index (χ4n) is 2.27. The number of aromatic hydroxyl groups is 2. The van der Waals surface area contributed by atoms with Crippen LogP contribution in [0.15, 0.2) is 42.5 Å². The highest BCUT2D eigenvalue weighted by atomic mass is 16.3.